The molecule has 1 atom stereocenters. The molecule has 1 heterocycles. The fourth-order valence-corrected chi connectivity index (χ4v) is 4.72. The summed E-state index contributed by atoms with van der Waals surface area (Å²) in [6, 6.07) is 10.7. The van der Waals surface area contributed by atoms with Crippen molar-refractivity contribution >= 4 is 44.8 Å². The van der Waals surface area contributed by atoms with Gasteiger partial charge in [-0.3, -0.25) is 9.52 Å². The molecule has 1 amide bonds. The van der Waals surface area contributed by atoms with Crippen LogP contribution >= 0.6 is 23.2 Å². The molecule has 1 N–H and O–H groups in total. The van der Waals surface area contributed by atoms with E-state index in [1.165, 1.54) is 24.3 Å². The second-order valence-corrected chi connectivity index (χ2v) is 8.90. The zero-order valence-corrected chi connectivity index (χ0v) is 16.4. The van der Waals surface area contributed by atoms with Gasteiger partial charge in [0.15, 0.2) is 0 Å². The minimum Gasteiger partial charge on any atom is -0.338 e. The first-order valence-electron chi connectivity index (χ1n) is 8.13. The third-order valence-electron chi connectivity index (χ3n) is 4.26. The smallest absolute Gasteiger partial charge is 0.263 e. The van der Waals surface area contributed by atoms with Crippen molar-refractivity contribution in [2.45, 2.75) is 18.2 Å². The van der Waals surface area contributed by atoms with Crippen molar-refractivity contribution in [3.8, 4) is 0 Å². The fraction of sp³-hybridized carbons (Fsp3) is 0.278. The van der Waals surface area contributed by atoms with Crippen LogP contribution in [0.5, 0.6) is 0 Å². The number of carbonyl (C=O) groups is 1. The summed E-state index contributed by atoms with van der Waals surface area (Å²) < 4.78 is 27.7. The first-order valence-corrected chi connectivity index (χ1v) is 10.4. The van der Waals surface area contributed by atoms with Gasteiger partial charge in [-0.2, -0.15) is 0 Å². The molecule has 0 radical (unpaired) electrons. The van der Waals surface area contributed by atoms with Crippen LogP contribution in [0, 0.1) is 5.92 Å². The second-order valence-electron chi connectivity index (χ2n) is 6.41. The van der Waals surface area contributed by atoms with Crippen LogP contribution in [-0.4, -0.2) is 32.3 Å². The van der Waals surface area contributed by atoms with Gasteiger partial charge in [0.25, 0.3) is 15.9 Å². The van der Waals surface area contributed by atoms with Gasteiger partial charge >= 0.3 is 0 Å². The van der Waals surface area contributed by atoms with Crippen molar-refractivity contribution in [3.63, 3.8) is 0 Å². The number of nitrogens with one attached hydrogen (secondary N) is 1. The first-order chi connectivity index (χ1) is 12.3. The molecule has 2 aromatic rings. The molecule has 5 nitrogen and oxygen atoms in total. The van der Waals surface area contributed by atoms with E-state index in [0.717, 1.165) is 6.42 Å². The number of rotatable bonds is 4. The lowest BCUT2D eigenvalue weighted by Crippen LogP contribution is -2.28. The third kappa shape index (κ3) is 4.14. The van der Waals surface area contributed by atoms with Crippen molar-refractivity contribution in [1.82, 2.24) is 4.90 Å². The normalized spacial score (nSPS) is 17.3. The van der Waals surface area contributed by atoms with Crippen molar-refractivity contribution in [2.75, 3.05) is 17.8 Å². The van der Waals surface area contributed by atoms with Crippen molar-refractivity contribution < 1.29 is 13.2 Å². The maximum absolute atomic E-state index is 12.6. The van der Waals surface area contributed by atoms with E-state index in [1.807, 2.05) is 0 Å². The predicted octanol–water partition coefficient (Wildman–Crippen LogP) is 4.28. The number of benzene rings is 2. The summed E-state index contributed by atoms with van der Waals surface area (Å²) in [7, 11) is -3.93. The van der Waals surface area contributed by atoms with Crippen molar-refractivity contribution in [3.05, 3.63) is 58.1 Å². The summed E-state index contributed by atoms with van der Waals surface area (Å²) in [5, 5.41) is 0.335. The fourth-order valence-electron chi connectivity index (χ4n) is 2.91. The topological polar surface area (TPSA) is 66.5 Å². The standard InChI is InChI=1S/C18H18Cl2N2O3S/c1-12-7-8-22(11-12)18(23)13-3-2-4-15(9-13)21-26(24,25)17-10-14(19)5-6-16(17)20/h2-6,9-10,12,21H,7-8,11H2,1H3. The summed E-state index contributed by atoms with van der Waals surface area (Å²) in [5.41, 5.74) is 0.732. The number of hydrogen-bond donors (Lipinski definition) is 1. The lowest BCUT2D eigenvalue weighted by molar-refractivity contribution is 0.0788. The van der Waals surface area contributed by atoms with E-state index in [-0.39, 0.29) is 20.8 Å². The van der Waals surface area contributed by atoms with E-state index < -0.39 is 10.0 Å². The maximum atomic E-state index is 12.6. The zero-order chi connectivity index (χ0) is 18.9. The van der Waals surface area contributed by atoms with Crippen LogP contribution in [0.15, 0.2) is 47.4 Å². The highest BCUT2D eigenvalue weighted by atomic mass is 35.5. The number of likely N-dealkylation sites (tertiary alicyclic amines) is 1. The number of halogens is 2. The quantitative estimate of drug-likeness (QED) is 0.814. The lowest BCUT2D eigenvalue weighted by Gasteiger charge is -2.17. The number of amides is 1. The Morgan fingerprint density at radius 1 is 1.19 bits per heavy atom. The molecule has 1 unspecified atom stereocenters. The molecule has 1 aliphatic heterocycles. The van der Waals surface area contributed by atoms with Gasteiger partial charge in [0.1, 0.15) is 4.90 Å². The Hall–Kier alpha value is -1.76. The number of carbonyl (C=O) groups excluding carboxylic acids is 1. The molecule has 0 bridgehead atoms. The Bertz CT molecular complexity index is 947. The number of sulfonamides is 1. The molecule has 26 heavy (non-hydrogen) atoms. The van der Waals surface area contributed by atoms with E-state index >= 15 is 0 Å². The van der Waals surface area contributed by atoms with Gasteiger partial charge < -0.3 is 4.90 Å². The highest BCUT2D eigenvalue weighted by Gasteiger charge is 2.25. The number of hydrogen-bond acceptors (Lipinski definition) is 3. The van der Waals surface area contributed by atoms with Gasteiger partial charge in [-0.25, -0.2) is 8.42 Å². The molecule has 138 valence electrons. The SMILES string of the molecule is CC1CCN(C(=O)c2cccc(NS(=O)(=O)c3cc(Cl)ccc3Cl)c2)C1. The molecule has 0 aromatic heterocycles. The summed E-state index contributed by atoms with van der Waals surface area (Å²) in [6.45, 7) is 3.54. The van der Waals surface area contributed by atoms with E-state index in [0.29, 0.717) is 30.3 Å². The molecule has 2 aromatic carbocycles. The van der Waals surface area contributed by atoms with Crippen LogP contribution in [0.1, 0.15) is 23.7 Å². The average Bonchev–Trinajstić information content (AvgIpc) is 3.02. The molecule has 1 fully saturated rings. The first kappa shape index (κ1) is 19.0. The molecule has 1 aliphatic rings. The molecular weight excluding hydrogens is 395 g/mol. The van der Waals surface area contributed by atoms with Gasteiger partial charge in [0, 0.05) is 29.4 Å². The van der Waals surface area contributed by atoms with Gasteiger partial charge in [0.2, 0.25) is 0 Å². The summed E-state index contributed by atoms with van der Waals surface area (Å²) in [4.78, 5) is 14.3. The van der Waals surface area contributed by atoms with Crippen LogP contribution < -0.4 is 4.72 Å². The number of nitrogens with zero attached hydrogens (tertiary/aromatic N) is 1. The summed E-state index contributed by atoms with van der Waals surface area (Å²) >= 11 is 11.9. The Morgan fingerprint density at radius 3 is 2.65 bits per heavy atom. The third-order valence-corrected chi connectivity index (χ3v) is 6.35. The van der Waals surface area contributed by atoms with E-state index in [4.69, 9.17) is 23.2 Å². The second kappa shape index (κ2) is 7.47. The molecule has 3 rings (SSSR count). The minimum atomic E-state index is -3.93. The minimum absolute atomic E-state index is 0.0696. The lowest BCUT2D eigenvalue weighted by atomic mass is 10.1. The maximum Gasteiger partial charge on any atom is 0.263 e. The van der Waals surface area contributed by atoms with Crippen LogP contribution in [0.3, 0.4) is 0 Å². The highest BCUT2D eigenvalue weighted by molar-refractivity contribution is 7.92. The molecule has 0 saturated carbocycles. The molecule has 1 saturated heterocycles. The average molecular weight is 413 g/mol. The predicted molar refractivity (Wildman–Crippen MR) is 103 cm³/mol. The highest BCUT2D eigenvalue weighted by Crippen LogP contribution is 2.27. The van der Waals surface area contributed by atoms with Crippen LogP contribution in [0.4, 0.5) is 5.69 Å². The molecule has 0 aliphatic carbocycles. The monoisotopic (exact) mass is 412 g/mol. The Balaban J connectivity index is 1.84. The van der Waals surface area contributed by atoms with Crippen molar-refractivity contribution in [1.29, 1.82) is 0 Å². The van der Waals surface area contributed by atoms with Crippen molar-refractivity contribution in [2.24, 2.45) is 5.92 Å². The summed E-state index contributed by atoms with van der Waals surface area (Å²) in [6.07, 6.45) is 0.978. The van der Waals surface area contributed by atoms with Gasteiger partial charge in [-0.15, -0.1) is 0 Å². The summed E-state index contributed by atoms with van der Waals surface area (Å²) in [5.74, 6) is 0.377. The Kier molecular flexibility index (Phi) is 5.46. The number of anilines is 1. The van der Waals surface area contributed by atoms with E-state index in [2.05, 4.69) is 11.6 Å². The van der Waals surface area contributed by atoms with E-state index in [9.17, 15) is 13.2 Å². The Morgan fingerprint density at radius 2 is 1.96 bits per heavy atom. The van der Waals surface area contributed by atoms with E-state index in [1.54, 1.807) is 23.1 Å². The van der Waals surface area contributed by atoms with Gasteiger partial charge in [-0.05, 0) is 48.7 Å². The zero-order valence-electron chi connectivity index (χ0n) is 14.1. The van der Waals surface area contributed by atoms with Gasteiger partial charge in [-0.1, -0.05) is 36.2 Å². The van der Waals surface area contributed by atoms with Crippen LogP contribution in [0.2, 0.25) is 10.0 Å². The van der Waals surface area contributed by atoms with Crippen LogP contribution in [-0.2, 0) is 10.0 Å². The molecule has 8 heteroatoms. The molecule has 0 spiro atoms. The van der Waals surface area contributed by atoms with Gasteiger partial charge in [0.05, 0.1) is 5.02 Å². The largest absolute Gasteiger partial charge is 0.338 e. The Labute approximate surface area is 163 Å². The molecular formula is C18H18Cl2N2O3S. The van der Waals surface area contributed by atoms with Crippen LogP contribution in [0.25, 0.3) is 0 Å².